The summed E-state index contributed by atoms with van der Waals surface area (Å²) in [6, 6.07) is 17.4. The molecule has 4 rings (SSSR count). The number of benzene rings is 2. The molecule has 0 radical (unpaired) electrons. The third-order valence-corrected chi connectivity index (χ3v) is 5.78. The molecule has 158 valence electrons. The molecule has 0 aliphatic carbocycles. The lowest BCUT2D eigenvalue weighted by molar-refractivity contribution is 0.102. The summed E-state index contributed by atoms with van der Waals surface area (Å²) < 4.78 is 3.19. The number of hydrogen-bond donors (Lipinski definition) is 2. The molecule has 0 bridgehead atoms. The molecule has 31 heavy (non-hydrogen) atoms. The molecule has 0 unspecified atom stereocenters. The van der Waals surface area contributed by atoms with Crippen molar-refractivity contribution < 1.29 is 4.79 Å². The first-order valence-electron chi connectivity index (χ1n) is 9.82. The number of ketones is 1. The van der Waals surface area contributed by atoms with Crippen molar-refractivity contribution in [2.45, 2.75) is 25.0 Å². The number of nitrogen functional groups attached to an aromatic ring is 1. The Labute approximate surface area is 181 Å². The van der Waals surface area contributed by atoms with Gasteiger partial charge in [-0.05, 0) is 30.7 Å². The van der Waals surface area contributed by atoms with Crippen LogP contribution in [0.5, 0.6) is 0 Å². The smallest absolute Gasteiger partial charge is 0.329 e. The van der Waals surface area contributed by atoms with Gasteiger partial charge in [0.2, 0.25) is 0 Å². The van der Waals surface area contributed by atoms with E-state index in [-0.39, 0.29) is 17.1 Å². The fraction of sp³-hybridized carbons (Fsp3) is 0.182. The lowest BCUT2D eigenvalue weighted by atomic mass is 10.2. The van der Waals surface area contributed by atoms with Gasteiger partial charge in [0.25, 0.3) is 5.56 Å². The highest BCUT2D eigenvalue weighted by atomic mass is 32.2. The van der Waals surface area contributed by atoms with Gasteiger partial charge in [0, 0.05) is 12.2 Å². The molecule has 0 spiro atoms. The molecule has 2 aromatic carbocycles. The van der Waals surface area contributed by atoms with Crippen molar-refractivity contribution in [1.29, 1.82) is 0 Å². The molecule has 9 heteroatoms. The van der Waals surface area contributed by atoms with E-state index in [9.17, 15) is 14.4 Å². The van der Waals surface area contributed by atoms with Gasteiger partial charge in [0.05, 0.1) is 16.8 Å². The second-order valence-electron chi connectivity index (χ2n) is 6.94. The number of fused-ring (bicyclic) bond motifs is 1. The number of para-hydroxylation sites is 3. The summed E-state index contributed by atoms with van der Waals surface area (Å²) in [6.45, 7) is 2.20. The Hall–Kier alpha value is -3.59. The molecule has 0 saturated carbocycles. The zero-order valence-corrected chi connectivity index (χ0v) is 17.7. The molecule has 0 fully saturated rings. The van der Waals surface area contributed by atoms with Crippen LogP contribution < -0.4 is 17.0 Å². The first-order valence-corrected chi connectivity index (χ1v) is 10.8. The lowest BCUT2D eigenvalue weighted by Gasteiger charge is -2.11. The number of Topliss-reactive ketones (excluding diaryl/α,β-unsaturated/α-hetero) is 1. The first-order chi connectivity index (χ1) is 15.0. The number of carbonyl (C=O) groups excluding carboxylic acids is 1. The van der Waals surface area contributed by atoms with Crippen LogP contribution in [0.4, 0.5) is 5.82 Å². The van der Waals surface area contributed by atoms with Crippen LogP contribution in [0.1, 0.15) is 23.7 Å². The van der Waals surface area contributed by atoms with Crippen LogP contribution in [0, 0.1) is 0 Å². The zero-order chi connectivity index (χ0) is 22.0. The van der Waals surface area contributed by atoms with Crippen LogP contribution >= 0.6 is 11.8 Å². The minimum absolute atomic E-state index is 0.0479. The van der Waals surface area contributed by atoms with Gasteiger partial charge in [-0.15, -0.1) is 0 Å². The van der Waals surface area contributed by atoms with Crippen LogP contribution in [0.3, 0.4) is 0 Å². The van der Waals surface area contributed by atoms with E-state index in [1.807, 2.05) is 66.1 Å². The molecule has 2 heterocycles. The number of rotatable bonds is 7. The number of aromatic amines is 1. The Morgan fingerprint density at radius 3 is 2.55 bits per heavy atom. The average molecular weight is 436 g/mol. The number of H-pyrrole nitrogens is 1. The van der Waals surface area contributed by atoms with Gasteiger partial charge in [-0.2, -0.15) is 0 Å². The topological polar surface area (TPSA) is 116 Å². The van der Waals surface area contributed by atoms with Gasteiger partial charge in [0.1, 0.15) is 11.4 Å². The average Bonchev–Trinajstić information content (AvgIpc) is 3.14. The predicted molar refractivity (Wildman–Crippen MR) is 122 cm³/mol. The van der Waals surface area contributed by atoms with Crippen LogP contribution in [-0.4, -0.2) is 30.6 Å². The van der Waals surface area contributed by atoms with E-state index in [0.29, 0.717) is 18.1 Å². The fourth-order valence-electron chi connectivity index (χ4n) is 3.43. The minimum atomic E-state index is -0.767. The van der Waals surface area contributed by atoms with E-state index < -0.39 is 17.0 Å². The van der Waals surface area contributed by atoms with Crippen molar-refractivity contribution in [2.24, 2.45) is 0 Å². The molecule has 0 aliphatic heterocycles. The molecule has 0 amide bonds. The number of nitrogens with one attached hydrogen (secondary N) is 1. The Balaban J connectivity index is 1.70. The summed E-state index contributed by atoms with van der Waals surface area (Å²) in [6.07, 6.45) is 0.639. The second-order valence-corrected chi connectivity index (χ2v) is 7.88. The molecule has 3 N–H and O–H groups in total. The molecule has 4 aromatic rings. The summed E-state index contributed by atoms with van der Waals surface area (Å²) in [5, 5.41) is 0.623. The van der Waals surface area contributed by atoms with Gasteiger partial charge < -0.3 is 5.73 Å². The minimum Gasteiger partial charge on any atom is -0.384 e. The highest BCUT2D eigenvalue weighted by molar-refractivity contribution is 7.99. The van der Waals surface area contributed by atoms with Crippen LogP contribution in [0.2, 0.25) is 0 Å². The molecule has 8 nitrogen and oxygen atoms in total. The highest BCUT2D eigenvalue weighted by Crippen LogP contribution is 2.28. The Morgan fingerprint density at radius 1 is 1.10 bits per heavy atom. The van der Waals surface area contributed by atoms with E-state index in [1.165, 1.54) is 16.3 Å². The lowest BCUT2D eigenvalue weighted by Crippen LogP contribution is -2.36. The maximum Gasteiger partial charge on any atom is 0.329 e. The molecule has 0 atom stereocenters. The standard InChI is InChI=1S/C22H21N5O3S/c1-2-12-26-19(23)18(20(29)25-21(26)30)17(28)13-31-22-24-15-10-6-7-11-16(15)27(22)14-8-4-3-5-9-14/h3-11H,2,12-13,23H2,1H3,(H,25,29,30). The quantitative estimate of drug-likeness (QED) is 0.341. The van der Waals surface area contributed by atoms with Crippen molar-refractivity contribution in [3.05, 3.63) is 81.0 Å². The largest absolute Gasteiger partial charge is 0.384 e. The van der Waals surface area contributed by atoms with Crippen molar-refractivity contribution in [3.63, 3.8) is 0 Å². The van der Waals surface area contributed by atoms with Crippen molar-refractivity contribution in [2.75, 3.05) is 11.5 Å². The van der Waals surface area contributed by atoms with E-state index >= 15 is 0 Å². The number of hydrogen-bond acceptors (Lipinski definition) is 6. The zero-order valence-electron chi connectivity index (χ0n) is 16.9. The number of aromatic nitrogens is 4. The molecule has 2 aromatic heterocycles. The number of carbonyl (C=O) groups is 1. The summed E-state index contributed by atoms with van der Waals surface area (Å²) in [5.41, 5.74) is 7.08. The van der Waals surface area contributed by atoms with Crippen molar-refractivity contribution in [1.82, 2.24) is 19.1 Å². The van der Waals surface area contributed by atoms with Crippen molar-refractivity contribution in [3.8, 4) is 5.69 Å². The number of thioether (sulfide) groups is 1. The van der Waals surface area contributed by atoms with Gasteiger partial charge in [0.15, 0.2) is 10.9 Å². The maximum atomic E-state index is 12.9. The maximum absolute atomic E-state index is 12.9. The molecular formula is C22H21N5O3S. The van der Waals surface area contributed by atoms with E-state index in [1.54, 1.807) is 0 Å². The summed E-state index contributed by atoms with van der Waals surface area (Å²) in [5.74, 6) is -0.605. The van der Waals surface area contributed by atoms with E-state index in [0.717, 1.165) is 16.7 Å². The SMILES string of the molecule is CCCn1c(N)c(C(=O)CSc2nc3ccccc3n2-c2ccccc2)c(=O)[nH]c1=O. The van der Waals surface area contributed by atoms with E-state index in [4.69, 9.17) is 5.73 Å². The Bertz CT molecular complexity index is 1370. The first kappa shape index (κ1) is 20.7. The second kappa shape index (κ2) is 8.65. The Kier molecular flexibility index (Phi) is 5.77. The number of anilines is 1. The predicted octanol–water partition coefficient (Wildman–Crippen LogP) is 2.84. The summed E-state index contributed by atoms with van der Waals surface area (Å²) in [7, 11) is 0. The van der Waals surface area contributed by atoms with Gasteiger partial charge in [-0.1, -0.05) is 49.0 Å². The number of nitrogens with zero attached hydrogens (tertiary/aromatic N) is 3. The molecule has 0 saturated heterocycles. The number of nitrogens with two attached hydrogens (primary N) is 1. The van der Waals surface area contributed by atoms with Crippen LogP contribution in [-0.2, 0) is 6.54 Å². The van der Waals surface area contributed by atoms with Crippen LogP contribution in [0.15, 0.2) is 69.3 Å². The van der Waals surface area contributed by atoms with Crippen molar-refractivity contribution >= 4 is 34.4 Å². The van der Waals surface area contributed by atoms with Gasteiger partial charge in [-0.3, -0.25) is 23.7 Å². The third-order valence-electron chi connectivity index (χ3n) is 4.84. The number of imidazole rings is 1. The fourth-order valence-corrected chi connectivity index (χ4v) is 4.33. The molecular weight excluding hydrogens is 414 g/mol. The monoisotopic (exact) mass is 435 g/mol. The highest BCUT2D eigenvalue weighted by Gasteiger charge is 2.21. The molecule has 0 aliphatic rings. The van der Waals surface area contributed by atoms with E-state index in [2.05, 4.69) is 9.97 Å². The third kappa shape index (κ3) is 3.91. The van der Waals surface area contributed by atoms with Gasteiger partial charge in [-0.25, -0.2) is 9.78 Å². The van der Waals surface area contributed by atoms with Gasteiger partial charge >= 0.3 is 5.69 Å². The normalized spacial score (nSPS) is 11.1. The Morgan fingerprint density at radius 2 is 1.81 bits per heavy atom. The van der Waals surface area contributed by atoms with Crippen LogP contribution in [0.25, 0.3) is 16.7 Å². The summed E-state index contributed by atoms with van der Waals surface area (Å²) >= 11 is 1.22. The summed E-state index contributed by atoms with van der Waals surface area (Å²) in [4.78, 5) is 44.1.